The Kier molecular flexibility index (Phi) is 5.96. The van der Waals surface area contributed by atoms with Crippen LogP contribution in [0, 0.1) is 0 Å². The Balaban J connectivity index is 2.50. The predicted molar refractivity (Wildman–Crippen MR) is 64.2 cm³/mol. The number of nitrogens with one attached hydrogen (secondary N) is 1. The van der Waals surface area contributed by atoms with E-state index in [0.717, 1.165) is 37.4 Å². The fraction of sp³-hybridized carbons (Fsp3) is 0.667. The molecule has 0 amide bonds. The fourth-order valence-electron chi connectivity index (χ4n) is 1.37. The van der Waals surface area contributed by atoms with E-state index in [1.807, 2.05) is 19.2 Å². The molecule has 1 rings (SSSR count). The molecular formula is C12H21N3O. The van der Waals surface area contributed by atoms with Crippen molar-refractivity contribution in [1.29, 1.82) is 0 Å². The highest BCUT2D eigenvalue weighted by Crippen LogP contribution is 2.01. The zero-order chi connectivity index (χ0) is 11.8. The summed E-state index contributed by atoms with van der Waals surface area (Å²) in [5.41, 5.74) is 1.04. The van der Waals surface area contributed by atoms with E-state index in [2.05, 4.69) is 22.2 Å². The molecule has 4 nitrogen and oxygen atoms in total. The Morgan fingerprint density at radius 2 is 2.31 bits per heavy atom. The predicted octanol–water partition coefficient (Wildman–Crippen LogP) is 1.55. The van der Waals surface area contributed by atoms with E-state index < -0.39 is 0 Å². The summed E-state index contributed by atoms with van der Waals surface area (Å²) >= 11 is 0. The maximum Gasteiger partial charge on any atom is 0.131 e. The van der Waals surface area contributed by atoms with Crippen molar-refractivity contribution in [3.05, 3.63) is 23.8 Å². The van der Waals surface area contributed by atoms with Crippen molar-refractivity contribution in [2.45, 2.75) is 39.3 Å². The lowest BCUT2D eigenvalue weighted by Crippen LogP contribution is -2.17. The number of hydrogen-bond acceptors (Lipinski definition) is 4. The van der Waals surface area contributed by atoms with Crippen molar-refractivity contribution in [1.82, 2.24) is 15.3 Å². The molecule has 0 aliphatic carbocycles. The average molecular weight is 223 g/mol. The van der Waals surface area contributed by atoms with E-state index in [1.54, 1.807) is 7.11 Å². The monoisotopic (exact) mass is 223 g/mol. The lowest BCUT2D eigenvalue weighted by atomic mass is 10.2. The van der Waals surface area contributed by atoms with Gasteiger partial charge in [0.25, 0.3) is 0 Å². The zero-order valence-electron chi connectivity index (χ0n) is 10.4. The van der Waals surface area contributed by atoms with Crippen LogP contribution in [0.3, 0.4) is 0 Å². The SMILES string of the molecule is CCCNCc1ccnc(CC(C)OC)n1. The molecule has 0 fully saturated rings. The van der Waals surface area contributed by atoms with Gasteiger partial charge < -0.3 is 10.1 Å². The summed E-state index contributed by atoms with van der Waals surface area (Å²) < 4.78 is 5.20. The maximum absolute atomic E-state index is 5.20. The Bertz CT molecular complexity index is 304. The van der Waals surface area contributed by atoms with Gasteiger partial charge in [-0.2, -0.15) is 0 Å². The van der Waals surface area contributed by atoms with Gasteiger partial charge in [0.1, 0.15) is 5.82 Å². The molecule has 1 atom stereocenters. The zero-order valence-corrected chi connectivity index (χ0v) is 10.4. The lowest BCUT2D eigenvalue weighted by Gasteiger charge is -2.09. The summed E-state index contributed by atoms with van der Waals surface area (Å²) in [5, 5.41) is 3.32. The first-order chi connectivity index (χ1) is 7.76. The Morgan fingerprint density at radius 3 is 3.00 bits per heavy atom. The highest BCUT2D eigenvalue weighted by atomic mass is 16.5. The second-order valence-corrected chi connectivity index (χ2v) is 3.89. The Labute approximate surface area is 97.5 Å². The highest BCUT2D eigenvalue weighted by Gasteiger charge is 2.05. The number of ether oxygens (including phenoxy) is 1. The van der Waals surface area contributed by atoms with Gasteiger partial charge in [0.05, 0.1) is 11.8 Å². The van der Waals surface area contributed by atoms with Crippen molar-refractivity contribution in [2.75, 3.05) is 13.7 Å². The molecule has 1 aromatic heterocycles. The molecule has 0 saturated heterocycles. The van der Waals surface area contributed by atoms with Crippen LogP contribution in [0.2, 0.25) is 0 Å². The Morgan fingerprint density at radius 1 is 1.50 bits per heavy atom. The quantitative estimate of drug-likeness (QED) is 0.712. The number of rotatable bonds is 7. The van der Waals surface area contributed by atoms with E-state index in [0.29, 0.717) is 0 Å². The van der Waals surface area contributed by atoms with Crippen molar-refractivity contribution in [2.24, 2.45) is 0 Å². The van der Waals surface area contributed by atoms with Gasteiger partial charge in [-0.1, -0.05) is 6.92 Å². The maximum atomic E-state index is 5.20. The summed E-state index contributed by atoms with van der Waals surface area (Å²) in [6, 6.07) is 1.95. The van der Waals surface area contributed by atoms with Gasteiger partial charge in [-0.15, -0.1) is 0 Å². The van der Waals surface area contributed by atoms with Gasteiger partial charge in [-0.25, -0.2) is 9.97 Å². The first-order valence-electron chi connectivity index (χ1n) is 5.80. The van der Waals surface area contributed by atoms with E-state index >= 15 is 0 Å². The standard InChI is InChI=1S/C12H21N3O/c1-4-6-13-9-11-5-7-14-12(15-11)8-10(2)16-3/h5,7,10,13H,4,6,8-9H2,1-3H3. The highest BCUT2D eigenvalue weighted by molar-refractivity contribution is 5.02. The molecule has 0 aliphatic heterocycles. The number of methoxy groups -OCH3 is 1. The van der Waals surface area contributed by atoms with Crippen LogP contribution in [0.4, 0.5) is 0 Å². The van der Waals surface area contributed by atoms with Crippen LogP contribution in [0.25, 0.3) is 0 Å². The molecule has 0 spiro atoms. The normalized spacial score (nSPS) is 12.7. The first-order valence-corrected chi connectivity index (χ1v) is 5.80. The third-order valence-corrected chi connectivity index (χ3v) is 2.37. The third-order valence-electron chi connectivity index (χ3n) is 2.37. The summed E-state index contributed by atoms with van der Waals surface area (Å²) in [5.74, 6) is 0.852. The third kappa shape index (κ3) is 4.68. The smallest absolute Gasteiger partial charge is 0.131 e. The topological polar surface area (TPSA) is 47.0 Å². The molecule has 1 heterocycles. The lowest BCUT2D eigenvalue weighted by molar-refractivity contribution is 0.117. The molecule has 90 valence electrons. The second-order valence-electron chi connectivity index (χ2n) is 3.89. The molecule has 16 heavy (non-hydrogen) atoms. The van der Waals surface area contributed by atoms with Crippen LogP contribution in [0.5, 0.6) is 0 Å². The molecule has 0 bridgehead atoms. The minimum Gasteiger partial charge on any atom is -0.381 e. The number of nitrogens with zero attached hydrogens (tertiary/aromatic N) is 2. The fourth-order valence-corrected chi connectivity index (χ4v) is 1.37. The largest absolute Gasteiger partial charge is 0.381 e. The minimum absolute atomic E-state index is 0.166. The second kappa shape index (κ2) is 7.30. The van der Waals surface area contributed by atoms with E-state index in [1.165, 1.54) is 0 Å². The van der Waals surface area contributed by atoms with Gasteiger partial charge in [0.2, 0.25) is 0 Å². The summed E-state index contributed by atoms with van der Waals surface area (Å²) in [6.45, 7) is 6.00. The van der Waals surface area contributed by atoms with Crippen LogP contribution in [-0.2, 0) is 17.7 Å². The molecule has 0 aromatic carbocycles. The van der Waals surface area contributed by atoms with Crippen molar-refractivity contribution in [3.8, 4) is 0 Å². The van der Waals surface area contributed by atoms with E-state index in [-0.39, 0.29) is 6.10 Å². The van der Waals surface area contributed by atoms with Crippen LogP contribution in [-0.4, -0.2) is 29.7 Å². The van der Waals surface area contributed by atoms with Crippen molar-refractivity contribution in [3.63, 3.8) is 0 Å². The van der Waals surface area contributed by atoms with Crippen LogP contribution in [0.15, 0.2) is 12.3 Å². The molecule has 1 N–H and O–H groups in total. The molecule has 1 unspecified atom stereocenters. The minimum atomic E-state index is 0.166. The summed E-state index contributed by atoms with van der Waals surface area (Å²) in [6.07, 6.45) is 3.88. The van der Waals surface area contributed by atoms with E-state index in [9.17, 15) is 0 Å². The van der Waals surface area contributed by atoms with Crippen LogP contribution < -0.4 is 5.32 Å². The van der Waals surface area contributed by atoms with Gasteiger partial charge in [0, 0.05) is 26.3 Å². The molecule has 0 saturated carbocycles. The van der Waals surface area contributed by atoms with Crippen molar-refractivity contribution >= 4 is 0 Å². The average Bonchev–Trinajstić information content (AvgIpc) is 2.30. The summed E-state index contributed by atoms with van der Waals surface area (Å²) in [4.78, 5) is 8.72. The molecule has 1 aromatic rings. The van der Waals surface area contributed by atoms with Gasteiger partial charge in [-0.05, 0) is 26.0 Å². The van der Waals surface area contributed by atoms with Crippen LogP contribution >= 0.6 is 0 Å². The summed E-state index contributed by atoms with van der Waals surface area (Å²) in [7, 11) is 1.71. The number of aromatic nitrogens is 2. The van der Waals surface area contributed by atoms with Crippen molar-refractivity contribution < 1.29 is 4.74 Å². The molecule has 4 heteroatoms. The van der Waals surface area contributed by atoms with Gasteiger partial charge in [-0.3, -0.25) is 0 Å². The first kappa shape index (κ1) is 13.1. The number of hydrogen-bond donors (Lipinski definition) is 1. The van der Waals surface area contributed by atoms with Gasteiger partial charge >= 0.3 is 0 Å². The van der Waals surface area contributed by atoms with Crippen LogP contribution in [0.1, 0.15) is 31.8 Å². The molecular weight excluding hydrogens is 202 g/mol. The molecule has 0 radical (unpaired) electrons. The van der Waals surface area contributed by atoms with E-state index in [4.69, 9.17) is 4.74 Å². The van der Waals surface area contributed by atoms with Gasteiger partial charge in [0.15, 0.2) is 0 Å². The molecule has 0 aliphatic rings. The Hall–Kier alpha value is -1.00.